The first-order valence-electron chi connectivity index (χ1n) is 10.8. The highest BCUT2D eigenvalue weighted by Crippen LogP contribution is 2.36. The maximum absolute atomic E-state index is 15.3. The Morgan fingerprint density at radius 2 is 1.89 bits per heavy atom. The average Bonchev–Trinajstić information content (AvgIpc) is 3.26. The molecular formula is C22H21F4N5O6. The molecule has 1 aliphatic heterocycles. The van der Waals surface area contributed by atoms with Crippen molar-refractivity contribution in [2.75, 3.05) is 12.8 Å². The number of imidazole rings is 1. The molecule has 15 heteroatoms. The van der Waals surface area contributed by atoms with Crippen LogP contribution in [0.15, 0.2) is 35.3 Å². The number of fused-ring (bicyclic) bond motifs is 1. The van der Waals surface area contributed by atoms with Crippen molar-refractivity contribution in [3.8, 4) is 0 Å². The van der Waals surface area contributed by atoms with Gasteiger partial charge in [0.15, 0.2) is 24.2 Å². The topological polar surface area (TPSA) is 141 Å². The number of nitrogens with zero attached hydrogens (tertiary/aromatic N) is 4. The summed E-state index contributed by atoms with van der Waals surface area (Å²) in [6, 6.07) is 4.15. The zero-order valence-electron chi connectivity index (χ0n) is 19.4. The molecule has 4 atom stereocenters. The van der Waals surface area contributed by atoms with Crippen LogP contribution >= 0.6 is 0 Å². The van der Waals surface area contributed by atoms with E-state index in [0.29, 0.717) is 5.56 Å². The van der Waals surface area contributed by atoms with Crippen LogP contribution in [0.5, 0.6) is 0 Å². The molecule has 1 saturated heterocycles. The van der Waals surface area contributed by atoms with E-state index in [9.17, 15) is 27.6 Å². The SMILES string of the molecule is COC(=O)C[C@H]1O[C@@H](n2c(=O)n(Cc3ccc(C(F)(F)F)cc3)c3cnc(N)nc32)[C@H](OC(C)=O)[C@@H]1F. The fraction of sp³-hybridized carbons (Fsp3) is 0.409. The summed E-state index contributed by atoms with van der Waals surface area (Å²) in [6.07, 6.45) is -10.5. The van der Waals surface area contributed by atoms with E-state index in [4.69, 9.17) is 15.2 Å². The quantitative estimate of drug-likeness (QED) is 0.376. The van der Waals surface area contributed by atoms with Crippen molar-refractivity contribution >= 4 is 29.1 Å². The lowest BCUT2D eigenvalue weighted by atomic mass is 10.1. The highest BCUT2D eigenvalue weighted by molar-refractivity contribution is 5.72. The molecule has 2 N–H and O–H groups in total. The lowest BCUT2D eigenvalue weighted by Crippen LogP contribution is -2.37. The van der Waals surface area contributed by atoms with E-state index in [1.165, 1.54) is 18.3 Å². The van der Waals surface area contributed by atoms with Crippen LogP contribution in [0.4, 0.5) is 23.5 Å². The Labute approximate surface area is 205 Å². The van der Waals surface area contributed by atoms with E-state index >= 15 is 4.39 Å². The van der Waals surface area contributed by atoms with Gasteiger partial charge in [-0.05, 0) is 17.7 Å². The van der Waals surface area contributed by atoms with E-state index in [1.54, 1.807) is 0 Å². The van der Waals surface area contributed by atoms with E-state index in [0.717, 1.165) is 35.3 Å². The summed E-state index contributed by atoms with van der Waals surface area (Å²) >= 11 is 0. The van der Waals surface area contributed by atoms with Gasteiger partial charge in [-0.1, -0.05) is 12.1 Å². The molecule has 0 unspecified atom stereocenters. The zero-order valence-corrected chi connectivity index (χ0v) is 19.4. The third-order valence-electron chi connectivity index (χ3n) is 5.76. The molecule has 3 heterocycles. The molecule has 11 nitrogen and oxygen atoms in total. The number of aromatic nitrogens is 4. The molecule has 0 radical (unpaired) electrons. The van der Waals surface area contributed by atoms with Crippen molar-refractivity contribution in [3.05, 3.63) is 52.1 Å². The van der Waals surface area contributed by atoms with Gasteiger partial charge < -0.3 is 19.9 Å². The second-order valence-corrected chi connectivity index (χ2v) is 8.23. The number of nitrogens with two attached hydrogens (primary N) is 1. The molecule has 198 valence electrons. The zero-order chi connectivity index (χ0) is 27.1. The Hall–Kier alpha value is -4.01. The van der Waals surface area contributed by atoms with Crippen LogP contribution in [0.1, 0.15) is 30.7 Å². The number of carbonyl (C=O) groups excluding carboxylic acids is 2. The minimum atomic E-state index is -4.54. The van der Waals surface area contributed by atoms with E-state index in [2.05, 4.69) is 14.7 Å². The number of anilines is 1. The molecule has 4 rings (SSSR count). The van der Waals surface area contributed by atoms with Crippen molar-refractivity contribution in [1.29, 1.82) is 0 Å². The number of carbonyl (C=O) groups is 2. The molecule has 0 spiro atoms. The lowest BCUT2D eigenvalue weighted by molar-refractivity contribution is -0.154. The van der Waals surface area contributed by atoms with Gasteiger partial charge in [-0.2, -0.15) is 18.2 Å². The Bertz CT molecular complexity index is 1390. The summed E-state index contributed by atoms with van der Waals surface area (Å²) in [5.41, 5.74) is 4.36. The normalized spacial score (nSPS) is 21.8. The lowest BCUT2D eigenvalue weighted by Gasteiger charge is -2.19. The molecule has 1 fully saturated rings. The number of nitrogen functional groups attached to an aromatic ring is 1. The highest BCUT2D eigenvalue weighted by atomic mass is 19.4. The first-order valence-corrected chi connectivity index (χ1v) is 10.8. The number of benzene rings is 1. The van der Waals surface area contributed by atoms with Crippen molar-refractivity contribution in [2.24, 2.45) is 0 Å². The number of hydrogen-bond donors (Lipinski definition) is 1. The molecule has 0 saturated carbocycles. The molecule has 0 bridgehead atoms. The molecule has 0 aliphatic carbocycles. The van der Waals surface area contributed by atoms with Gasteiger partial charge in [0.2, 0.25) is 5.95 Å². The van der Waals surface area contributed by atoms with Gasteiger partial charge in [0.05, 0.1) is 31.8 Å². The van der Waals surface area contributed by atoms with Crippen LogP contribution in [-0.2, 0) is 36.5 Å². The summed E-state index contributed by atoms with van der Waals surface area (Å²) in [5, 5.41) is 0. The molecule has 37 heavy (non-hydrogen) atoms. The Kier molecular flexibility index (Phi) is 6.90. The third-order valence-corrected chi connectivity index (χ3v) is 5.76. The van der Waals surface area contributed by atoms with Gasteiger partial charge in [0, 0.05) is 6.92 Å². The predicted molar refractivity (Wildman–Crippen MR) is 118 cm³/mol. The molecule has 1 aliphatic rings. The monoisotopic (exact) mass is 527 g/mol. The fourth-order valence-corrected chi connectivity index (χ4v) is 4.07. The number of rotatable bonds is 6. The van der Waals surface area contributed by atoms with Crippen molar-refractivity contribution in [1.82, 2.24) is 19.1 Å². The number of hydrogen-bond acceptors (Lipinski definition) is 9. The van der Waals surface area contributed by atoms with Gasteiger partial charge >= 0.3 is 23.8 Å². The van der Waals surface area contributed by atoms with Crippen LogP contribution in [-0.4, -0.2) is 56.5 Å². The Balaban J connectivity index is 1.80. The third kappa shape index (κ3) is 5.12. The number of methoxy groups -OCH3 is 1. The Morgan fingerprint density at radius 3 is 2.49 bits per heavy atom. The van der Waals surface area contributed by atoms with Gasteiger partial charge in [0.25, 0.3) is 0 Å². The molecule has 1 aromatic carbocycles. The Morgan fingerprint density at radius 1 is 1.22 bits per heavy atom. The number of ether oxygens (including phenoxy) is 3. The van der Waals surface area contributed by atoms with E-state index < -0.39 is 60.4 Å². The van der Waals surface area contributed by atoms with Crippen LogP contribution in [0.25, 0.3) is 11.2 Å². The smallest absolute Gasteiger partial charge is 0.416 e. The first-order chi connectivity index (χ1) is 17.4. The van der Waals surface area contributed by atoms with Gasteiger partial charge in [0.1, 0.15) is 11.6 Å². The standard InChI is InChI=1S/C22H21F4N5O6/c1-10(32)36-17-16(23)14(7-15(33)35-2)37-19(17)31-18-13(8-28-20(27)29-18)30(21(31)34)9-11-3-5-12(6-4-11)22(24,25)26/h3-6,8,14,16-17,19H,7,9H2,1-2H3,(H2,27,28,29)/t14-,16-,17-,19-/m1/s1. The minimum absolute atomic E-state index is 0.0996. The van der Waals surface area contributed by atoms with Gasteiger partial charge in [-0.15, -0.1) is 0 Å². The number of halogens is 4. The molecule has 0 amide bonds. The van der Waals surface area contributed by atoms with Crippen molar-refractivity contribution in [3.63, 3.8) is 0 Å². The minimum Gasteiger partial charge on any atom is -0.469 e. The van der Waals surface area contributed by atoms with Crippen LogP contribution in [0.2, 0.25) is 0 Å². The van der Waals surface area contributed by atoms with Gasteiger partial charge in [-0.25, -0.2) is 18.7 Å². The molecular weight excluding hydrogens is 506 g/mol. The second kappa shape index (κ2) is 9.80. The largest absolute Gasteiger partial charge is 0.469 e. The summed E-state index contributed by atoms with van der Waals surface area (Å²) in [7, 11) is 1.10. The average molecular weight is 527 g/mol. The fourth-order valence-electron chi connectivity index (χ4n) is 4.07. The maximum Gasteiger partial charge on any atom is 0.416 e. The number of alkyl halides is 4. The molecule has 2 aromatic heterocycles. The summed E-state index contributed by atoms with van der Waals surface area (Å²) in [5.74, 6) is -1.90. The highest BCUT2D eigenvalue weighted by Gasteiger charge is 2.50. The second-order valence-electron chi connectivity index (χ2n) is 8.23. The maximum atomic E-state index is 15.3. The van der Waals surface area contributed by atoms with Crippen molar-refractivity contribution < 1.29 is 41.4 Å². The van der Waals surface area contributed by atoms with E-state index in [1.807, 2.05) is 0 Å². The van der Waals surface area contributed by atoms with E-state index in [-0.39, 0.29) is 23.7 Å². The van der Waals surface area contributed by atoms with Gasteiger partial charge in [-0.3, -0.25) is 14.2 Å². The van der Waals surface area contributed by atoms with Crippen LogP contribution in [0.3, 0.4) is 0 Å². The van der Waals surface area contributed by atoms with Crippen LogP contribution in [0, 0.1) is 0 Å². The molecule has 3 aromatic rings. The summed E-state index contributed by atoms with van der Waals surface area (Å²) in [6.45, 7) is 0.831. The predicted octanol–water partition coefficient (Wildman–Crippen LogP) is 1.97. The summed E-state index contributed by atoms with van der Waals surface area (Å²) in [4.78, 5) is 44.9. The summed E-state index contributed by atoms with van der Waals surface area (Å²) < 4.78 is 71.4. The van der Waals surface area contributed by atoms with Crippen LogP contribution < -0.4 is 11.4 Å². The van der Waals surface area contributed by atoms with Crippen molar-refractivity contribution in [2.45, 2.75) is 50.7 Å². The number of esters is 2. The first kappa shape index (κ1) is 26.1.